The van der Waals surface area contributed by atoms with E-state index in [1.165, 1.54) is 4.90 Å². The van der Waals surface area contributed by atoms with E-state index >= 15 is 0 Å². The molecule has 0 atom stereocenters. The lowest BCUT2D eigenvalue weighted by Crippen LogP contribution is -2.55. The van der Waals surface area contributed by atoms with Gasteiger partial charge in [-0.2, -0.15) is 5.26 Å². The third kappa shape index (κ3) is 2.52. The maximum atomic E-state index is 11.8. The maximum absolute atomic E-state index is 11.8. The fourth-order valence-corrected chi connectivity index (χ4v) is 1.70. The Morgan fingerprint density at radius 2 is 2.25 bits per heavy atom. The smallest absolute Gasteiger partial charge is 0.254 e. The number of nitriles is 1. The lowest BCUT2D eigenvalue weighted by atomic mass is 10.0. The number of nitrogens with zero attached hydrogens (tertiary/aromatic N) is 3. The molecule has 16 heavy (non-hydrogen) atoms. The number of carbonyl (C=O) groups is 1. The molecule has 0 saturated carbocycles. The first-order valence-corrected chi connectivity index (χ1v) is 5.07. The molecule has 5 nitrogen and oxygen atoms in total. The van der Waals surface area contributed by atoms with E-state index in [2.05, 4.69) is 6.07 Å². The van der Waals surface area contributed by atoms with Crippen LogP contribution in [-0.4, -0.2) is 48.6 Å². The molecule has 1 heterocycles. The van der Waals surface area contributed by atoms with Gasteiger partial charge in [0, 0.05) is 20.3 Å². The normalized spacial score (nSPS) is 20.6. The molecule has 0 unspecified atom stereocenters. The van der Waals surface area contributed by atoms with Crippen LogP contribution in [0.25, 0.3) is 0 Å². The summed E-state index contributed by atoms with van der Waals surface area (Å²) >= 11 is 0. The Hall–Kier alpha value is -1.54. The van der Waals surface area contributed by atoms with Crippen molar-refractivity contribution >= 4 is 5.91 Å². The summed E-state index contributed by atoms with van der Waals surface area (Å²) in [7, 11) is 3.63. The van der Waals surface area contributed by atoms with Crippen molar-refractivity contribution in [2.45, 2.75) is 19.4 Å². The third-order valence-corrected chi connectivity index (χ3v) is 2.27. The van der Waals surface area contributed by atoms with Gasteiger partial charge >= 0.3 is 0 Å². The molecule has 1 fully saturated rings. The molecule has 1 aliphatic heterocycles. The Bertz CT molecular complexity index is 353. The zero-order valence-corrected chi connectivity index (χ0v) is 10.1. The Kier molecular flexibility index (Phi) is 3.55. The van der Waals surface area contributed by atoms with Crippen LogP contribution in [0.15, 0.2) is 11.9 Å². The number of amides is 1. The lowest BCUT2D eigenvalue weighted by molar-refractivity contribution is -0.150. The molecule has 0 aromatic rings. The summed E-state index contributed by atoms with van der Waals surface area (Å²) < 4.78 is 5.19. The van der Waals surface area contributed by atoms with Crippen LogP contribution >= 0.6 is 0 Å². The first kappa shape index (κ1) is 12.5. The average molecular weight is 223 g/mol. The van der Waals surface area contributed by atoms with E-state index in [0.717, 1.165) is 0 Å². The van der Waals surface area contributed by atoms with Crippen LogP contribution in [0.4, 0.5) is 0 Å². The minimum atomic E-state index is -0.479. The standard InChI is InChI=1S/C11H17N3O2/c1-11(2)8-16-7-10(15)14(11)9(5-12)6-13(3)4/h6H,7-8H2,1-4H3/b9-6+. The van der Waals surface area contributed by atoms with Gasteiger partial charge in [-0.15, -0.1) is 0 Å². The van der Waals surface area contributed by atoms with Crippen molar-refractivity contribution in [2.75, 3.05) is 27.3 Å². The van der Waals surface area contributed by atoms with E-state index in [1.807, 2.05) is 27.9 Å². The SMILES string of the molecule is CN(C)/C=C(\C#N)N1C(=O)COCC1(C)C. The van der Waals surface area contributed by atoms with Crippen molar-refractivity contribution < 1.29 is 9.53 Å². The van der Waals surface area contributed by atoms with Gasteiger partial charge in [-0.1, -0.05) is 0 Å². The van der Waals surface area contributed by atoms with Crippen LogP contribution in [0, 0.1) is 11.3 Å². The summed E-state index contributed by atoms with van der Waals surface area (Å²) in [6, 6.07) is 2.06. The molecule has 1 saturated heterocycles. The highest BCUT2D eigenvalue weighted by Gasteiger charge is 2.37. The fourth-order valence-electron chi connectivity index (χ4n) is 1.70. The van der Waals surface area contributed by atoms with E-state index < -0.39 is 5.54 Å². The van der Waals surface area contributed by atoms with Gasteiger partial charge < -0.3 is 9.64 Å². The number of hydrogen-bond donors (Lipinski definition) is 0. The van der Waals surface area contributed by atoms with Gasteiger partial charge in [0.15, 0.2) is 0 Å². The van der Waals surface area contributed by atoms with E-state index in [0.29, 0.717) is 12.3 Å². The molecular weight excluding hydrogens is 206 g/mol. The molecule has 1 amide bonds. The number of morpholine rings is 1. The Morgan fingerprint density at radius 1 is 1.62 bits per heavy atom. The van der Waals surface area contributed by atoms with Crippen LogP contribution in [0.2, 0.25) is 0 Å². The van der Waals surface area contributed by atoms with Gasteiger partial charge in [0.05, 0.1) is 12.1 Å². The summed E-state index contributed by atoms with van der Waals surface area (Å²) in [5.74, 6) is -0.175. The topological polar surface area (TPSA) is 56.6 Å². The second-order valence-corrected chi connectivity index (χ2v) is 4.62. The largest absolute Gasteiger partial charge is 0.381 e. The summed E-state index contributed by atoms with van der Waals surface area (Å²) in [4.78, 5) is 15.0. The Morgan fingerprint density at radius 3 is 2.69 bits per heavy atom. The minimum Gasteiger partial charge on any atom is -0.381 e. The molecular formula is C11H17N3O2. The molecule has 0 aliphatic carbocycles. The number of hydrogen-bond acceptors (Lipinski definition) is 4. The average Bonchev–Trinajstić information content (AvgIpc) is 2.13. The first-order chi connectivity index (χ1) is 7.38. The van der Waals surface area contributed by atoms with Gasteiger partial charge in [-0.05, 0) is 13.8 Å². The van der Waals surface area contributed by atoms with Crippen LogP contribution in [0.5, 0.6) is 0 Å². The summed E-state index contributed by atoms with van der Waals surface area (Å²) in [6.07, 6.45) is 1.64. The van der Waals surface area contributed by atoms with Crippen molar-refractivity contribution in [2.24, 2.45) is 0 Å². The number of allylic oxidation sites excluding steroid dienone is 1. The molecule has 88 valence electrons. The maximum Gasteiger partial charge on any atom is 0.254 e. The number of rotatable bonds is 2. The fraction of sp³-hybridized carbons (Fsp3) is 0.636. The molecule has 0 spiro atoms. The van der Waals surface area contributed by atoms with E-state index in [1.54, 1.807) is 11.1 Å². The molecule has 0 aromatic carbocycles. The van der Waals surface area contributed by atoms with Crippen LogP contribution in [-0.2, 0) is 9.53 Å². The van der Waals surface area contributed by atoms with Gasteiger partial charge in [-0.25, -0.2) is 0 Å². The van der Waals surface area contributed by atoms with Gasteiger partial charge in [0.1, 0.15) is 18.4 Å². The van der Waals surface area contributed by atoms with Crippen molar-refractivity contribution in [3.63, 3.8) is 0 Å². The molecule has 0 radical (unpaired) electrons. The van der Waals surface area contributed by atoms with E-state index in [9.17, 15) is 4.79 Å². The second-order valence-electron chi connectivity index (χ2n) is 4.62. The van der Waals surface area contributed by atoms with Gasteiger partial charge in [-0.3, -0.25) is 9.69 Å². The number of ether oxygens (including phenoxy) is 1. The predicted molar refractivity (Wildman–Crippen MR) is 59.1 cm³/mol. The second kappa shape index (κ2) is 4.54. The van der Waals surface area contributed by atoms with E-state index in [-0.39, 0.29) is 12.5 Å². The van der Waals surface area contributed by atoms with Crippen molar-refractivity contribution in [1.82, 2.24) is 9.80 Å². The molecule has 1 rings (SSSR count). The Labute approximate surface area is 95.9 Å². The molecule has 0 N–H and O–H groups in total. The summed E-state index contributed by atoms with van der Waals surface area (Å²) in [5, 5.41) is 9.10. The molecule has 0 aromatic heterocycles. The minimum absolute atomic E-state index is 0.0376. The van der Waals surface area contributed by atoms with Crippen molar-refractivity contribution in [3.8, 4) is 6.07 Å². The molecule has 5 heteroatoms. The van der Waals surface area contributed by atoms with Crippen LogP contribution in [0.1, 0.15) is 13.8 Å². The van der Waals surface area contributed by atoms with E-state index in [4.69, 9.17) is 10.00 Å². The third-order valence-electron chi connectivity index (χ3n) is 2.27. The van der Waals surface area contributed by atoms with Crippen molar-refractivity contribution in [3.05, 3.63) is 11.9 Å². The highest BCUT2D eigenvalue weighted by atomic mass is 16.5. The predicted octanol–water partition coefficient (Wildman–Crippen LogP) is 0.550. The van der Waals surface area contributed by atoms with Crippen LogP contribution < -0.4 is 0 Å². The first-order valence-electron chi connectivity index (χ1n) is 5.07. The lowest BCUT2D eigenvalue weighted by Gasteiger charge is -2.41. The zero-order chi connectivity index (χ0) is 12.3. The monoisotopic (exact) mass is 223 g/mol. The van der Waals surface area contributed by atoms with Gasteiger partial charge in [0.2, 0.25) is 0 Å². The number of carbonyl (C=O) groups excluding carboxylic acids is 1. The molecule has 0 bridgehead atoms. The summed E-state index contributed by atoms with van der Waals surface area (Å²) in [5.41, 5.74) is -0.129. The highest BCUT2D eigenvalue weighted by Crippen LogP contribution is 2.24. The zero-order valence-electron chi connectivity index (χ0n) is 10.1. The Balaban J connectivity index is 3.07. The quantitative estimate of drug-likeness (QED) is 0.641. The molecule has 1 aliphatic rings. The van der Waals surface area contributed by atoms with Crippen molar-refractivity contribution in [1.29, 1.82) is 5.26 Å². The van der Waals surface area contributed by atoms with Crippen LogP contribution in [0.3, 0.4) is 0 Å². The van der Waals surface area contributed by atoms with Gasteiger partial charge in [0.25, 0.3) is 5.91 Å². The summed E-state index contributed by atoms with van der Waals surface area (Å²) in [6.45, 7) is 4.23. The highest BCUT2D eigenvalue weighted by molar-refractivity contribution is 5.81.